The molecule has 166 valence electrons. The second-order valence-corrected chi connectivity index (χ2v) is 8.94. The zero-order chi connectivity index (χ0) is 23.5. The quantitative estimate of drug-likeness (QED) is 0.533. The van der Waals surface area contributed by atoms with Gasteiger partial charge in [0.15, 0.2) is 0 Å². The lowest BCUT2D eigenvalue weighted by atomic mass is 10.3. The Morgan fingerprint density at radius 3 is 2.16 bits per heavy atom. The predicted octanol–water partition coefficient (Wildman–Crippen LogP) is 1.63. The third-order valence-corrected chi connectivity index (χ3v) is 5.85. The Morgan fingerprint density at radius 2 is 1.56 bits per heavy atom. The molecule has 2 aromatic carbocycles. The molecule has 3 rings (SSSR count). The number of amides is 4. The molecule has 1 heterocycles. The molecule has 0 saturated carbocycles. The van der Waals surface area contributed by atoms with Crippen LogP contribution in [0.3, 0.4) is 0 Å². The summed E-state index contributed by atoms with van der Waals surface area (Å²) >= 11 is 0.493. The van der Waals surface area contributed by atoms with E-state index >= 15 is 0 Å². The largest absolute Gasteiger partial charge is 0.325 e. The van der Waals surface area contributed by atoms with Gasteiger partial charge in [-0.1, -0.05) is 0 Å². The van der Waals surface area contributed by atoms with E-state index < -0.39 is 45.3 Å². The van der Waals surface area contributed by atoms with Gasteiger partial charge in [-0.3, -0.25) is 24.1 Å². The van der Waals surface area contributed by atoms with Crippen LogP contribution in [0, 0.1) is 5.82 Å². The van der Waals surface area contributed by atoms with Gasteiger partial charge in [-0.15, -0.1) is 0 Å². The van der Waals surface area contributed by atoms with Crippen molar-refractivity contribution in [3.8, 4) is 0 Å². The van der Waals surface area contributed by atoms with E-state index in [4.69, 9.17) is 5.14 Å². The third kappa shape index (κ3) is 5.78. The van der Waals surface area contributed by atoms with E-state index in [1.165, 1.54) is 36.4 Å². The summed E-state index contributed by atoms with van der Waals surface area (Å²) in [5.74, 6) is -2.73. The summed E-state index contributed by atoms with van der Waals surface area (Å²) < 4.78 is 35.4. The highest BCUT2D eigenvalue weighted by Gasteiger charge is 2.36. The summed E-state index contributed by atoms with van der Waals surface area (Å²) in [6, 6.07) is 9.91. The summed E-state index contributed by atoms with van der Waals surface area (Å²) in [4.78, 5) is 49.1. The molecular formula is C19H15FN4O6S2. The molecule has 0 aliphatic carbocycles. The van der Waals surface area contributed by atoms with Crippen LogP contribution in [0.25, 0.3) is 0 Å². The van der Waals surface area contributed by atoms with Gasteiger partial charge >= 0.3 is 0 Å². The van der Waals surface area contributed by atoms with E-state index in [1.54, 1.807) is 0 Å². The van der Waals surface area contributed by atoms with Crippen LogP contribution in [-0.2, 0) is 24.4 Å². The fraction of sp³-hybridized carbons (Fsp3) is 0.0526. The van der Waals surface area contributed by atoms with Crippen LogP contribution in [0.15, 0.2) is 64.4 Å². The number of anilines is 2. The highest BCUT2D eigenvalue weighted by Crippen LogP contribution is 2.30. The standard InChI is InChI=1S/C19H15FN4O6S2/c20-11-1-3-12(4-2-11)22-16(25)9-15-18(27)24(19(28)31-15)10-17(26)23-13-5-7-14(8-6-13)32(21,29)30/h1-9H,10H2,(H,22,25)(H,23,26)(H2,21,29,30)/b15-9-. The Hall–Kier alpha value is -3.55. The number of nitrogens with zero attached hydrogens (tertiary/aromatic N) is 1. The van der Waals surface area contributed by atoms with Crippen LogP contribution >= 0.6 is 11.8 Å². The average molecular weight is 478 g/mol. The molecule has 1 aliphatic rings. The molecule has 0 atom stereocenters. The molecule has 0 spiro atoms. The molecule has 13 heteroatoms. The SMILES string of the molecule is NS(=O)(=O)c1ccc(NC(=O)CN2C(=O)S/C(=C\C(=O)Nc3ccc(F)cc3)C2=O)cc1. The molecule has 4 amide bonds. The first-order chi connectivity index (χ1) is 15.0. The van der Waals surface area contributed by atoms with Crippen molar-refractivity contribution in [2.75, 3.05) is 17.2 Å². The normalized spacial score (nSPS) is 15.2. The lowest BCUT2D eigenvalue weighted by Gasteiger charge is -2.12. The predicted molar refractivity (Wildman–Crippen MR) is 114 cm³/mol. The summed E-state index contributed by atoms with van der Waals surface area (Å²) in [6.45, 7) is -0.613. The molecule has 0 unspecified atom stereocenters. The Labute approximate surface area is 185 Å². The summed E-state index contributed by atoms with van der Waals surface area (Å²) in [5, 5.41) is 9.10. The lowest BCUT2D eigenvalue weighted by Crippen LogP contribution is -2.36. The number of carbonyl (C=O) groups excluding carboxylic acids is 4. The van der Waals surface area contributed by atoms with Crippen molar-refractivity contribution in [1.82, 2.24) is 4.90 Å². The highest BCUT2D eigenvalue weighted by molar-refractivity contribution is 8.18. The van der Waals surface area contributed by atoms with Crippen LogP contribution in [0.5, 0.6) is 0 Å². The molecule has 0 bridgehead atoms. The minimum atomic E-state index is -3.89. The number of hydrogen-bond acceptors (Lipinski definition) is 7. The number of nitrogens with two attached hydrogens (primary N) is 1. The van der Waals surface area contributed by atoms with E-state index in [1.807, 2.05) is 0 Å². The van der Waals surface area contributed by atoms with Gasteiger partial charge in [-0.2, -0.15) is 0 Å². The molecule has 1 saturated heterocycles. The summed E-state index contributed by atoms with van der Waals surface area (Å²) in [6.07, 6.45) is 0.915. The smallest absolute Gasteiger partial charge is 0.294 e. The Balaban J connectivity index is 1.61. The van der Waals surface area contributed by atoms with Crippen molar-refractivity contribution in [2.45, 2.75) is 4.90 Å². The Morgan fingerprint density at radius 1 is 1.00 bits per heavy atom. The van der Waals surface area contributed by atoms with E-state index in [2.05, 4.69) is 10.6 Å². The van der Waals surface area contributed by atoms with Crippen LogP contribution in [0.1, 0.15) is 0 Å². The highest BCUT2D eigenvalue weighted by atomic mass is 32.2. The zero-order valence-corrected chi connectivity index (χ0v) is 17.7. The van der Waals surface area contributed by atoms with Crippen molar-refractivity contribution in [1.29, 1.82) is 0 Å². The van der Waals surface area contributed by atoms with Crippen molar-refractivity contribution < 1.29 is 32.0 Å². The first-order valence-corrected chi connectivity index (χ1v) is 11.1. The number of benzene rings is 2. The first kappa shape index (κ1) is 23.1. The monoisotopic (exact) mass is 478 g/mol. The van der Waals surface area contributed by atoms with Crippen molar-refractivity contribution in [3.05, 3.63) is 65.3 Å². The number of sulfonamides is 1. The second-order valence-electron chi connectivity index (χ2n) is 6.38. The second kappa shape index (κ2) is 9.30. The molecular weight excluding hydrogens is 463 g/mol. The Bertz CT molecular complexity index is 1230. The van der Waals surface area contributed by atoms with Gasteiger partial charge in [0, 0.05) is 17.5 Å². The minimum Gasteiger partial charge on any atom is -0.325 e. The number of hydrogen-bond donors (Lipinski definition) is 3. The first-order valence-electron chi connectivity index (χ1n) is 8.77. The molecule has 10 nitrogen and oxygen atoms in total. The van der Waals surface area contributed by atoms with Gasteiger partial charge in [0.25, 0.3) is 11.1 Å². The van der Waals surface area contributed by atoms with Gasteiger partial charge in [-0.25, -0.2) is 17.9 Å². The summed E-state index contributed by atoms with van der Waals surface area (Å²) in [7, 11) is -3.89. The van der Waals surface area contributed by atoms with Gasteiger partial charge in [0.1, 0.15) is 12.4 Å². The molecule has 1 fully saturated rings. The maximum atomic E-state index is 12.9. The minimum absolute atomic E-state index is 0.148. The number of carbonyl (C=O) groups is 4. The molecule has 4 N–H and O–H groups in total. The van der Waals surface area contributed by atoms with Gasteiger partial charge in [-0.05, 0) is 60.3 Å². The molecule has 0 radical (unpaired) electrons. The summed E-state index contributed by atoms with van der Waals surface area (Å²) in [5.41, 5.74) is 0.517. The fourth-order valence-electron chi connectivity index (χ4n) is 2.54. The van der Waals surface area contributed by atoms with Gasteiger partial charge in [0.2, 0.25) is 21.8 Å². The zero-order valence-electron chi connectivity index (χ0n) is 16.1. The van der Waals surface area contributed by atoms with E-state index in [9.17, 15) is 32.0 Å². The average Bonchev–Trinajstić information content (AvgIpc) is 2.96. The van der Waals surface area contributed by atoms with E-state index in [0.29, 0.717) is 22.3 Å². The maximum Gasteiger partial charge on any atom is 0.294 e. The number of imide groups is 1. The fourth-order valence-corrected chi connectivity index (χ4v) is 3.86. The van der Waals surface area contributed by atoms with E-state index in [-0.39, 0.29) is 15.5 Å². The van der Waals surface area contributed by atoms with Crippen LogP contribution in [0.4, 0.5) is 20.6 Å². The maximum absolute atomic E-state index is 12.9. The van der Waals surface area contributed by atoms with Crippen LogP contribution < -0.4 is 15.8 Å². The number of thioether (sulfide) groups is 1. The number of rotatable bonds is 6. The van der Waals surface area contributed by atoms with Crippen molar-refractivity contribution in [3.63, 3.8) is 0 Å². The van der Waals surface area contributed by atoms with Crippen molar-refractivity contribution >= 4 is 56.1 Å². The topological polar surface area (TPSA) is 156 Å². The Kier molecular flexibility index (Phi) is 6.72. The number of nitrogens with one attached hydrogen (secondary N) is 2. The van der Waals surface area contributed by atoms with Crippen molar-refractivity contribution in [2.24, 2.45) is 5.14 Å². The number of halogens is 1. The van der Waals surface area contributed by atoms with Crippen LogP contribution in [-0.4, -0.2) is 42.8 Å². The molecule has 2 aromatic rings. The van der Waals surface area contributed by atoms with E-state index in [0.717, 1.165) is 18.2 Å². The molecule has 1 aliphatic heterocycles. The van der Waals surface area contributed by atoms with Gasteiger partial charge in [0.05, 0.1) is 9.80 Å². The lowest BCUT2D eigenvalue weighted by molar-refractivity contribution is -0.127. The number of primary sulfonamides is 1. The molecule has 0 aromatic heterocycles. The van der Waals surface area contributed by atoms with Gasteiger partial charge < -0.3 is 10.6 Å². The van der Waals surface area contributed by atoms with Crippen LogP contribution in [0.2, 0.25) is 0 Å². The molecule has 32 heavy (non-hydrogen) atoms. The third-order valence-electron chi connectivity index (χ3n) is 4.02.